The van der Waals surface area contributed by atoms with Crippen molar-refractivity contribution >= 4 is 17.8 Å². The fraction of sp³-hybridized carbons (Fsp3) is 0.474. The lowest BCUT2D eigenvalue weighted by Crippen LogP contribution is -2.40. The van der Waals surface area contributed by atoms with Gasteiger partial charge in [0.2, 0.25) is 17.7 Å². The van der Waals surface area contributed by atoms with Gasteiger partial charge in [0, 0.05) is 31.9 Å². The number of pyridine rings is 1. The average Bonchev–Trinajstić information content (AvgIpc) is 3.39. The molecule has 2 aromatic rings. The number of hydrogen-bond donors (Lipinski definition) is 1. The van der Waals surface area contributed by atoms with Crippen molar-refractivity contribution in [3.63, 3.8) is 0 Å². The first-order valence-electron chi connectivity index (χ1n) is 9.63. The summed E-state index contributed by atoms with van der Waals surface area (Å²) in [4.78, 5) is 45.7. The summed E-state index contributed by atoms with van der Waals surface area (Å²) in [5.41, 5.74) is 1.05. The Balaban J connectivity index is 0.000000360. The molecule has 0 bridgehead atoms. The second-order valence-electron chi connectivity index (χ2n) is 7.31. The number of aryl methyl sites for hydroxylation is 1. The van der Waals surface area contributed by atoms with Crippen LogP contribution in [0, 0.1) is 6.92 Å². The van der Waals surface area contributed by atoms with Gasteiger partial charge < -0.3 is 19.4 Å². The molecule has 2 amide bonds. The van der Waals surface area contributed by atoms with E-state index in [1.165, 1.54) is 0 Å². The molecule has 0 saturated carbocycles. The molecule has 10 nitrogen and oxygen atoms in total. The largest absolute Gasteiger partial charge is 0.490 e. The van der Waals surface area contributed by atoms with Crippen LogP contribution in [-0.2, 0) is 27.3 Å². The standard InChI is InChI=1S/C17H19N5O3.C2HF3O2/c1-11-19-15(25-20-11)9-17(24)21-7-4-13-14(21)8-16(23)22(13)10-12-2-5-18-6-3-12;3-2(4,5)1(6)7/h2-3,5-6,13-14H,4,7-10H2,1H3;(H,6,7)/t13-,14+;/m1./s1. The summed E-state index contributed by atoms with van der Waals surface area (Å²) in [5.74, 6) is -1.88. The third kappa shape index (κ3) is 5.39. The lowest BCUT2D eigenvalue weighted by Gasteiger charge is -2.25. The zero-order valence-corrected chi connectivity index (χ0v) is 16.9. The molecule has 13 heteroatoms. The number of alkyl halides is 3. The van der Waals surface area contributed by atoms with Gasteiger partial charge >= 0.3 is 12.1 Å². The molecular formula is C19H20F3N5O5. The lowest BCUT2D eigenvalue weighted by atomic mass is 10.1. The predicted octanol–water partition coefficient (Wildman–Crippen LogP) is 1.35. The number of carboxylic acids is 1. The van der Waals surface area contributed by atoms with Crippen molar-refractivity contribution in [3.05, 3.63) is 41.8 Å². The number of hydrogen-bond acceptors (Lipinski definition) is 7. The van der Waals surface area contributed by atoms with Crippen LogP contribution >= 0.6 is 0 Å². The van der Waals surface area contributed by atoms with E-state index in [4.69, 9.17) is 14.4 Å². The molecule has 4 rings (SSSR count). The quantitative estimate of drug-likeness (QED) is 0.731. The topological polar surface area (TPSA) is 130 Å². The highest BCUT2D eigenvalue weighted by atomic mass is 19.4. The van der Waals surface area contributed by atoms with Crippen LogP contribution in [0.25, 0.3) is 0 Å². The van der Waals surface area contributed by atoms with Gasteiger partial charge in [0.25, 0.3) is 0 Å². The predicted molar refractivity (Wildman–Crippen MR) is 99.7 cm³/mol. The number of nitrogens with zero attached hydrogens (tertiary/aromatic N) is 5. The minimum absolute atomic E-state index is 0.0605. The van der Waals surface area contributed by atoms with E-state index < -0.39 is 12.1 Å². The van der Waals surface area contributed by atoms with Gasteiger partial charge in [-0.3, -0.25) is 14.6 Å². The molecule has 4 heterocycles. The smallest absolute Gasteiger partial charge is 0.475 e. The number of aliphatic carboxylic acids is 1. The highest BCUT2D eigenvalue weighted by Crippen LogP contribution is 2.33. The maximum atomic E-state index is 12.6. The maximum Gasteiger partial charge on any atom is 0.490 e. The van der Waals surface area contributed by atoms with Gasteiger partial charge in [0.1, 0.15) is 6.42 Å². The second-order valence-corrected chi connectivity index (χ2v) is 7.31. The number of rotatable bonds is 4. The minimum Gasteiger partial charge on any atom is -0.475 e. The monoisotopic (exact) mass is 455 g/mol. The molecule has 0 spiro atoms. The molecule has 172 valence electrons. The summed E-state index contributed by atoms with van der Waals surface area (Å²) in [6.07, 6.45) is -0.364. The van der Waals surface area contributed by atoms with Crippen LogP contribution in [0.4, 0.5) is 13.2 Å². The van der Waals surface area contributed by atoms with E-state index in [0.717, 1.165) is 12.0 Å². The summed E-state index contributed by atoms with van der Waals surface area (Å²) in [6.45, 7) is 2.94. The molecule has 0 radical (unpaired) electrons. The SMILES string of the molecule is Cc1noc(CC(=O)N2CC[C@@H]3[C@@H]2CC(=O)N3Cc2ccncc2)n1.O=C(O)C(F)(F)F. The van der Waals surface area contributed by atoms with Crippen LogP contribution in [0.3, 0.4) is 0 Å². The van der Waals surface area contributed by atoms with Gasteiger partial charge in [0.05, 0.1) is 12.1 Å². The second kappa shape index (κ2) is 9.32. The van der Waals surface area contributed by atoms with Crippen molar-refractivity contribution in [1.82, 2.24) is 24.9 Å². The highest BCUT2D eigenvalue weighted by Gasteiger charge is 2.48. The third-order valence-corrected chi connectivity index (χ3v) is 5.15. The van der Waals surface area contributed by atoms with Crippen LogP contribution < -0.4 is 0 Å². The van der Waals surface area contributed by atoms with Crippen LogP contribution in [-0.4, -0.2) is 72.6 Å². The zero-order chi connectivity index (χ0) is 23.5. The molecular weight excluding hydrogens is 435 g/mol. The number of amides is 2. The number of fused-ring (bicyclic) bond motifs is 1. The molecule has 2 aromatic heterocycles. The molecule has 0 unspecified atom stereocenters. The summed E-state index contributed by atoms with van der Waals surface area (Å²) in [7, 11) is 0. The lowest BCUT2D eigenvalue weighted by molar-refractivity contribution is -0.192. The summed E-state index contributed by atoms with van der Waals surface area (Å²) in [6, 6.07) is 3.84. The molecule has 2 aliphatic rings. The zero-order valence-electron chi connectivity index (χ0n) is 16.9. The van der Waals surface area contributed by atoms with Gasteiger partial charge in [-0.25, -0.2) is 4.79 Å². The Kier molecular flexibility index (Phi) is 6.75. The van der Waals surface area contributed by atoms with E-state index in [2.05, 4.69) is 15.1 Å². The van der Waals surface area contributed by atoms with Crippen molar-refractivity contribution in [1.29, 1.82) is 0 Å². The Bertz CT molecular complexity index is 981. The third-order valence-electron chi connectivity index (χ3n) is 5.15. The number of aromatic nitrogens is 3. The van der Waals surface area contributed by atoms with Crippen LogP contribution in [0.15, 0.2) is 29.0 Å². The Labute approximate surface area is 180 Å². The molecule has 32 heavy (non-hydrogen) atoms. The van der Waals surface area contributed by atoms with Gasteiger partial charge in [-0.05, 0) is 31.0 Å². The van der Waals surface area contributed by atoms with Crippen molar-refractivity contribution < 1.29 is 37.2 Å². The summed E-state index contributed by atoms with van der Waals surface area (Å²) in [5, 5.41) is 10.8. The van der Waals surface area contributed by atoms with Gasteiger partial charge in [-0.1, -0.05) is 5.16 Å². The molecule has 2 aliphatic heterocycles. The summed E-state index contributed by atoms with van der Waals surface area (Å²) < 4.78 is 36.8. The fourth-order valence-corrected chi connectivity index (χ4v) is 3.77. The molecule has 2 atom stereocenters. The first-order chi connectivity index (χ1) is 15.1. The Morgan fingerprint density at radius 1 is 1.25 bits per heavy atom. The minimum atomic E-state index is -5.08. The molecule has 0 aromatic carbocycles. The Hall–Kier alpha value is -3.51. The molecule has 2 fully saturated rings. The number of carboxylic acid groups (broad SMARTS) is 1. The number of carbonyl (C=O) groups excluding carboxylic acids is 2. The average molecular weight is 455 g/mol. The van der Waals surface area contributed by atoms with E-state index in [-0.39, 0.29) is 30.3 Å². The first kappa shape index (κ1) is 23.2. The van der Waals surface area contributed by atoms with Crippen molar-refractivity contribution in [2.45, 2.75) is 51.0 Å². The van der Waals surface area contributed by atoms with Crippen molar-refractivity contribution in [2.24, 2.45) is 0 Å². The van der Waals surface area contributed by atoms with E-state index in [1.807, 2.05) is 17.0 Å². The molecule has 2 saturated heterocycles. The van der Waals surface area contributed by atoms with Crippen LogP contribution in [0.2, 0.25) is 0 Å². The van der Waals surface area contributed by atoms with Gasteiger partial charge in [0.15, 0.2) is 5.82 Å². The van der Waals surface area contributed by atoms with E-state index >= 15 is 0 Å². The summed E-state index contributed by atoms with van der Waals surface area (Å²) >= 11 is 0. The Morgan fingerprint density at radius 3 is 2.47 bits per heavy atom. The van der Waals surface area contributed by atoms with Gasteiger partial charge in [-0.15, -0.1) is 0 Å². The van der Waals surface area contributed by atoms with E-state index in [9.17, 15) is 22.8 Å². The number of likely N-dealkylation sites (tertiary alicyclic amines) is 2. The number of carbonyl (C=O) groups is 3. The van der Waals surface area contributed by atoms with E-state index in [1.54, 1.807) is 24.2 Å². The van der Waals surface area contributed by atoms with Crippen LogP contribution in [0.5, 0.6) is 0 Å². The first-order valence-corrected chi connectivity index (χ1v) is 9.63. The molecule has 0 aliphatic carbocycles. The fourth-order valence-electron chi connectivity index (χ4n) is 3.77. The van der Waals surface area contributed by atoms with Crippen molar-refractivity contribution in [3.8, 4) is 0 Å². The molecule has 1 N–H and O–H groups in total. The number of halogens is 3. The van der Waals surface area contributed by atoms with Crippen molar-refractivity contribution in [2.75, 3.05) is 6.54 Å². The highest BCUT2D eigenvalue weighted by molar-refractivity contribution is 5.84. The Morgan fingerprint density at radius 2 is 1.91 bits per heavy atom. The maximum absolute atomic E-state index is 12.6. The van der Waals surface area contributed by atoms with E-state index in [0.29, 0.717) is 31.2 Å². The normalized spacial score (nSPS) is 20.1. The van der Waals surface area contributed by atoms with Crippen LogP contribution in [0.1, 0.15) is 30.1 Å². The van der Waals surface area contributed by atoms with Gasteiger partial charge in [-0.2, -0.15) is 18.2 Å².